The van der Waals surface area contributed by atoms with Gasteiger partial charge in [0.1, 0.15) is 11.5 Å². The quantitative estimate of drug-likeness (QED) is 0.368. The standard InChI is InChI=1S/C28H31ClN2O/c1-6-31-27-16-26(29)21(15-25(27)20(3)17-28(31,4)5)18-30-22-9-13-24(14-10-22)32-23-11-7-19(2)8-12-23/h7-16,18,20H,6,17H2,1-5H3. The minimum Gasteiger partial charge on any atom is -0.457 e. The van der Waals surface area contributed by atoms with Gasteiger partial charge in [-0.1, -0.05) is 36.2 Å². The van der Waals surface area contributed by atoms with Gasteiger partial charge in [0.25, 0.3) is 0 Å². The highest BCUT2D eigenvalue weighted by Gasteiger charge is 2.35. The lowest BCUT2D eigenvalue weighted by molar-refractivity contribution is 0.381. The third-order valence-corrected chi connectivity index (χ3v) is 6.59. The van der Waals surface area contributed by atoms with E-state index in [0.717, 1.165) is 40.7 Å². The molecule has 1 unspecified atom stereocenters. The lowest BCUT2D eigenvalue weighted by atomic mass is 9.79. The van der Waals surface area contributed by atoms with E-state index in [1.807, 2.05) is 54.7 Å². The molecule has 1 atom stereocenters. The molecule has 4 rings (SSSR count). The second-order valence-electron chi connectivity index (χ2n) is 9.26. The molecule has 0 aliphatic carbocycles. The van der Waals surface area contributed by atoms with Crippen LogP contribution in [0.25, 0.3) is 0 Å². The van der Waals surface area contributed by atoms with Crippen molar-refractivity contribution in [1.29, 1.82) is 0 Å². The molecule has 0 saturated carbocycles. The van der Waals surface area contributed by atoms with Crippen LogP contribution in [0, 0.1) is 6.92 Å². The second kappa shape index (κ2) is 8.99. The average molecular weight is 447 g/mol. The smallest absolute Gasteiger partial charge is 0.127 e. The number of aryl methyl sites for hydroxylation is 1. The molecule has 4 heteroatoms. The van der Waals surface area contributed by atoms with Crippen LogP contribution >= 0.6 is 11.6 Å². The zero-order valence-corrected chi connectivity index (χ0v) is 20.3. The summed E-state index contributed by atoms with van der Waals surface area (Å²) in [4.78, 5) is 7.12. The summed E-state index contributed by atoms with van der Waals surface area (Å²) in [7, 11) is 0. The molecule has 0 bridgehead atoms. The van der Waals surface area contributed by atoms with E-state index in [1.165, 1.54) is 16.8 Å². The zero-order chi connectivity index (χ0) is 22.9. The van der Waals surface area contributed by atoms with Gasteiger partial charge in [-0.05, 0) is 94.1 Å². The van der Waals surface area contributed by atoms with Crippen molar-refractivity contribution in [1.82, 2.24) is 0 Å². The fourth-order valence-electron chi connectivity index (χ4n) is 4.71. The molecule has 0 fully saturated rings. The Kier molecular flexibility index (Phi) is 6.30. The first-order valence-electron chi connectivity index (χ1n) is 11.3. The van der Waals surface area contributed by atoms with E-state index in [2.05, 4.69) is 56.6 Å². The van der Waals surface area contributed by atoms with Gasteiger partial charge < -0.3 is 9.64 Å². The summed E-state index contributed by atoms with van der Waals surface area (Å²) in [5, 5.41) is 0.732. The van der Waals surface area contributed by atoms with Gasteiger partial charge in [0.15, 0.2) is 0 Å². The Balaban J connectivity index is 1.53. The molecule has 0 N–H and O–H groups in total. The van der Waals surface area contributed by atoms with Crippen LogP contribution in [0.5, 0.6) is 11.5 Å². The molecule has 0 aromatic heterocycles. The van der Waals surface area contributed by atoms with Gasteiger partial charge >= 0.3 is 0 Å². The fourth-order valence-corrected chi connectivity index (χ4v) is 4.91. The second-order valence-corrected chi connectivity index (χ2v) is 9.67. The van der Waals surface area contributed by atoms with Crippen LogP contribution in [0.2, 0.25) is 5.02 Å². The molecule has 3 aromatic rings. The summed E-state index contributed by atoms with van der Waals surface area (Å²) in [6.45, 7) is 12.2. The molecule has 1 aliphatic heterocycles. The number of nitrogens with zero attached hydrogens (tertiary/aromatic N) is 2. The minimum absolute atomic E-state index is 0.127. The summed E-state index contributed by atoms with van der Waals surface area (Å²) < 4.78 is 5.90. The average Bonchev–Trinajstić information content (AvgIpc) is 2.75. The molecular weight excluding hydrogens is 416 g/mol. The highest BCUT2D eigenvalue weighted by atomic mass is 35.5. The summed E-state index contributed by atoms with van der Waals surface area (Å²) in [6, 6.07) is 20.1. The number of aliphatic imine (C=N–C) groups is 1. The Morgan fingerprint density at radius 2 is 1.69 bits per heavy atom. The van der Waals surface area contributed by atoms with Crippen molar-refractivity contribution in [2.24, 2.45) is 4.99 Å². The first-order valence-corrected chi connectivity index (χ1v) is 11.6. The Labute approximate surface area is 196 Å². The van der Waals surface area contributed by atoms with E-state index in [-0.39, 0.29) is 5.54 Å². The first-order chi connectivity index (χ1) is 15.3. The van der Waals surface area contributed by atoms with E-state index in [9.17, 15) is 0 Å². The number of rotatable bonds is 5. The van der Waals surface area contributed by atoms with E-state index < -0.39 is 0 Å². The number of benzene rings is 3. The van der Waals surface area contributed by atoms with Crippen molar-refractivity contribution >= 4 is 29.2 Å². The molecule has 3 aromatic carbocycles. The monoisotopic (exact) mass is 446 g/mol. The molecule has 0 amide bonds. The van der Waals surface area contributed by atoms with Crippen molar-refractivity contribution in [2.45, 2.75) is 52.5 Å². The normalized spacial score (nSPS) is 17.4. The molecule has 32 heavy (non-hydrogen) atoms. The van der Waals surface area contributed by atoms with E-state index in [0.29, 0.717) is 5.92 Å². The molecule has 166 valence electrons. The topological polar surface area (TPSA) is 24.8 Å². The summed E-state index contributed by atoms with van der Waals surface area (Å²) in [5.74, 6) is 2.09. The van der Waals surface area contributed by atoms with Crippen LogP contribution in [0.4, 0.5) is 11.4 Å². The molecule has 0 spiro atoms. The third-order valence-electron chi connectivity index (χ3n) is 6.27. The Bertz CT molecular complexity index is 1120. The van der Waals surface area contributed by atoms with Gasteiger partial charge in [0.05, 0.1) is 10.7 Å². The SMILES string of the molecule is CCN1c2cc(Cl)c(C=Nc3ccc(Oc4ccc(C)cc4)cc3)cc2C(C)CC1(C)C. The summed E-state index contributed by atoms with van der Waals surface area (Å²) >= 11 is 6.68. The Morgan fingerprint density at radius 3 is 2.31 bits per heavy atom. The predicted octanol–water partition coefficient (Wildman–Crippen LogP) is 8.30. The maximum Gasteiger partial charge on any atom is 0.127 e. The van der Waals surface area contributed by atoms with Crippen LogP contribution in [-0.2, 0) is 0 Å². The molecule has 3 nitrogen and oxygen atoms in total. The minimum atomic E-state index is 0.127. The Hall–Kier alpha value is -2.78. The lowest BCUT2D eigenvalue weighted by Gasteiger charge is -2.47. The van der Waals surface area contributed by atoms with Crippen LogP contribution in [-0.4, -0.2) is 18.3 Å². The number of halogens is 1. The molecule has 0 saturated heterocycles. The highest BCUT2D eigenvalue weighted by Crippen LogP contribution is 2.44. The van der Waals surface area contributed by atoms with Gasteiger partial charge in [0.2, 0.25) is 0 Å². The molecule has 1 heterocycles. The summed E-state index contributed by atoms with van der Waals surface area (Å²) in [5.41, 5.74) is 5.74. The first kappa shape index (κ1) is 22.4. The van der Waals surface area contributed by atoms with Crippen molar-refractivity contribution in [3.8, 4) is 11.5 Å². The Morgan fingerprint density at radius 1 is 1.06 bits per heavy atom. The maximum atomic E-state index is 6.68. The maximum absolute atomic E-state index is 6.68. The molecule has 1 aliphatic rings. The highest BCUT2D eigenvalue weighted by molar-refractivity contribution is 6.33. The van der Waals surface area contributed by atoms with Crippen LogP contribution < -0.4 is 9.64 Å². The van der Waals surface area contributed by atoms with Crippen molar-refractivity contribution in [3.63, 3.8) is 0 Å². The van der Waals surface area contributed by atoms with Gasteiger partial charge in [-0.15, -0.1) is 0 Å². The number of anilines is 1. The van der Waals surface area contributed by atoms with Gasteiger partial charge in [-0.2, -0.15) is 0 Å². The zero-order valence-electron chi connectivity index (χ0n) is 19.5. The lowest BCUT2D eigenvalue weighted by Crippen LogP contribution is -2.48. The van der Waals surface area contributed by atoms with Crippen molar-refractivity contribution < 1.29 is 4.74 Å². The number of hydrogen-bond acceptors (Lipinski definition) is 3. The van der Waals surface area contributed by atoms with Crippen molar-refractivity contribution in [3.05, 3.63) is 82.4 Å². The van der Waals surface area contributed by atoms with Gasteiger partial charge in [-0.25, -0.2) is 0 Å². The third kappa shape index (κ3) is 4.68. The van der Waals surface area contributed by atoms with E-state index in [4.69, 9.17) is 16.3 Å². The summed E-state index contributed by atoms with van der Waals surface area (Å²) in [6.07, 6.45) is 2.98. The molecular formula is C28H31ClN2O. The van der Waals surface area contributed by atoms with Crippen molar-refractivity contribution in [2.75, 3.05) is 11.4 Å². The fraction of sp³-hybridized carbons (Fsp3) is 0.321. The van der Waals surface area contributed by atoms with Gasteiger partial charge in [-0.3, -0.25) is 4.99 Å². The van der Waals surface area contributed by atoms with Crippen LogP contribution in [0.1, 0.15) is 56.7 Å². The van der Waals surface area contributed by atoms with Crippen LogP contribution in [0.3, 0.4) is 0 Å². The number of fused-ring (bicyclic) bond motifs is 1. The van der Waals surface area contributed by atoms with Crippen LogP contribution in [0.15, 0.2) is 65.7 Å². The predicted molar refractivity (Wildman–Crippen MR) is 137 cm³/mol. The number of ether oxygens (including phenoxy) is 1. The molecule has 0 radical (unpaired) electrons. The van der Waals surface area contributed by atoms with E-state index >= 15 is 0 Å². The van der Waals surface area contributed by atoms with E-state index in [1.54, 1.807) is 0 Å². The largest absolute Gasteiger partial charge is 0.457 e. The number of hydrogen-bond donors (Lipinski definition) is 0. The van der Waals surface area contributed by atoms with Gasteiger partial charge in [0, 0.05) is 29.5 Å².